The van der Waals surface area contributed by atoms with Crippen molar-refractivity contribution in [2.45, 2.75) is 32.6 Å². The Hall–Kier alpha value is -3.19. The zero-order valence-corrected chi connectivity index (χ0v) is 16.5. The van der Waals surface area contributed by atoms with E-state index in [1.807, 2.05) is 48.5 Å². The molecule has 0 bridgehead atoms. The molecular weight excluding hydrogens is 350 g/mol. The van der Waals surface area contributed by atoms with Crippen molar-refractivity contribution in [3.05, 3.63) is 60.2 Å². The fraction of sp³-hybridized carbons (Fsp3) is 0.292. The summed E-state index contributed by atoms with van der Waals surface area (Å²) in [6.07, 6.45) is 7.14. The van der Waals surface area contributed by atoms with Crippen LogP contribution in [0.25, 0.3) is 6.08 Å². The van der Waals surface area contributed by atoms with Crippen LogP contribution >= 0.6 is 0 Å². The Bertz CT molecular complexity index is 832. The first-order chi connectivity index (χ1) is 13.7. The molecule has 0 atom stereocenters. The van der Waals surface area contributed by atoms with Gasteiger partial charge in [0.1, 0.15) is 0 Å². The van der Waals surface area contributed by atoms with Crippen molar-refractivity contribution in [3.63, 3.8) is 0 Å². The van der Waals surface area contributed by atoms with Gasteiger partial charge in [-0.3, -0.25) is 4.79 Å². The molecule has 0 heterocycles. The molecule has 28 heavy (non-hydrogen) atoms. The largest absolute Gasteiger partial charge is 0.493 e. The molecule has 0 aliphatic rings. The first-order valence-electron chi connectivity index (χ1n) is 9.53. The topological polar surface area (TPSA) is 47.6 Å². The highest BCUT2D eigenvalue weighted by molar-refractivity contribution is 6.01. The van der Waals surface area contributed by atoms with Gasteiger partial charge < -0.3 is 14.8 Å². The Kier molecular flexibility index (Phi) is 9.23. The molecule has 0 fully saturated rings. The molecule has 2 aromatic rings. The lowest BCUT2D eigenvalue weighted by Gasteiger charge is -2.10. The van der Waals surface area contributed by atoms with E-state index in [-0.39, 0.29) is 5.91 Å². The smallest absolute Gasteiger partial charge is 0.248 e. The first kappa shape index (κ1) is 21.1. The molecule has 2 aromatic carbocycles. The molecule has 0 aliphatic carbocycles. The molecule has 0 saturated heterocycles. The highest BCUT2D eigenvalue weighted by atomic mass is 16.5. The zero-order chi connectivity index (χ0) is 20.0. The third-order valence-electron chi connectivity index (χ3n) is 3.92. The van der Waals surface area contributed by atoms with Crippen LogP contribution in [-0.4, -0.2) is 19.6 Å². The lowest BCUT2D eigenvalue weighted by molar-refractivity contribution is -0.111. The van der Waals surface area contributed by atoms with Crippen LogP contribution in [0.1, 0.15) is 38.2 Å². The second-order valence-corrected chi connectivity index (χ2v) is 6.15. The summed E-state index contributed by atoms with van der Waals surface area (Å²) < 4.78 is 11.2. The third kappa shape index (κ3) is 7.59. The Morgan fingerprint density at radius 1 is 1.07 bits per heavy atom. The minimum absolute atomic E-state index is 0.188. The van der Waals surface area contributed by atoms with E-state index in [0.29, 0.717) is 24.5 Å². The quantitative estimate of drug-likeness (QED) is 0.366. The van der Waals surface area contributed by atoms with E-state index < -0.39 is 0 Å². The number of benzene rings is 2. The Labute approximate surface area is 167 Å². The van der Waals surface area contributed by atoms with Gasteiger partial charge in [0, 0.05) is 24.6 Å². The summed E-state index contributed by atoms with van der Waals surface area (Å²) in [5, 5.41) is 2.82. The van der Waals surface area contributed by atoms with Gasteiger partial charge in [-0.25, -0.2) is 0 Å². The van der Waals surface area contributed by atoms with E-state index in [1.54, 1.807) is 13.2 Å². The molecule has 4 nitrogen and oxygen atoms in total. The maximum Gasteiger partial charge on any atom is 0.248 e. The van der Waals surface area contributed by atoms with Crippen LogP contribution in [0.3, 0.4) is 0 Å². The van der Waals surface area contributed by atoms with Gasteiger partial charge in [0.15, 0.2) is 11.5 Å². The van der Waals surface area contributed by atoms with Gasteiger partial charge in [-0.2, -0.15) is 0 Å². The second-order valence-electron chi connectivity index (χ2n) is 6.15. The molecule has 0 radical (unpaired) electrons. The molecule has 0 unspecified atom stereocenters. The maximum absolute atomic E-state index is 12.0. The molecular formula is C24H27NO3. The van der Waals surface area contributed by atoms with Crippen LogP contribution in [0.5, 0.6) is 11.5 Å². The normalized spacial score (nSPS) is 10.2. The summed E-state index contributed by atoms with van der Waals surface area (Å²) >= 11 is 0. The number of ether oxygens (including phenoxy) is 2. The highest BCUT2D eigenvalue weighted by Crippen LogP contribution is 2.28. The Morgan fingerprint density at radius 2 is 1.86 bits per heavy atom. The number of amides is 1. The predicted octanol–water partition coefficient (Wildman–Crippen LogP) is 5.31. The summed E-state index contributed by atoms with van der Waals surface area (Å²) in [4.78, 5) is 12.0. The number of carbonyl (C=O) groups excluding carboxylic acids is 1. The molecule has 0 spiro atoms. The molecule has 1 amide bonds. The van der Waals surface area contributed by atoms with Gasteiger partial charge in [-0.05, 0) is 42.3 Å². The van der Waals surface area contributed by atoms with Gasteiger partial charge in [0.25, 0.3) is 0 Å². The fourth-order valence-corrected chi connectivity index (χ4v) is 2.44. The molecule has 1 N–H and O–H groups in total. The van der Waals surface area contributed by atoms with E-state index in [9.17, 15) is 4.79 Å². The fourth-order valence-electron chi connectivity index (χ4n) is 2.44. The molecule has 0 aliphatic heterocycles. The van der Waals surface area contributed by atoms with E-state index in [0.717, 1.165) is 30.5 Å². The second kappa shape index (κ2) is 12.2. The van der Waals surface area contributed by atoms with Crippen molar-refractivity contribution in [1.82, 2.24) is 0 Å². The minimum atomic E-state index is -0.188. The average molecular weight is 377 g/mol. The first-order valence-corrected chi connectivity index (χ1v) is 9.53. The number of anilines is 1. The number of unbranched alkanes of at least 4 members (excludes halogenated alkanes) is 2. The number of para-hydroxylation sites is 1. The average Bonchev–Trinajstić information content (AvgIpc) is 2.72. The number of rotatable bonds is 9. The lowest BCUT2D eigenvalue weighted by atomic mass is 10.2. The van der Waals surface area contributed by atoms with Gasteiger partial charge in [-0.1, -0.05) is 43.5 Å². The molecule has 146 valence electrons. The van der Waals surface area contributed by atoms with Gasteiger partial charge >= 0.3 is 0 Å². The monoisotopic (exact) mass is 377 g/mol. The van der Waals surface area contributed by atoms with Crippen LogP contribution in [0, 0.1) is 11.8 Å². The SMILES string of the molecule is CCCCC#CCCOc1cc(/C=C/C(=O)Nc2ccccc2)ccc1OC. The molecule has 4 heteroatoms. The van der Waals surface area contributed by atoms with Crippen molar-refractivity contribution in [1.29, 1.82) is 0 Å². The van der Waals surface area contributed by atoms with Gasteiger partial charge in [0.05, 0.1) is 13.7 Å². The standard InChI is InChI=1S/C24H27NO3/c1-3-4-5-6-7-11-18-28-23-19-20(14-16-22(23)27-2)15-17-24(26)25-21-12-9-8-10-13-21/h8-10,12-17,19H,3-5,11,18H2,1-2H3,(H,25,26)/b17-15+. The summed E-state index contributed by atoms with van der Waals surface area (Å²) in [6, 6.07) is 14.9. The highest BCUT2D eigenvalue weighted by Gasteiger charge is 2.05. The van der Waals surface area contributed by atoms with Crippen molar-refractivity contribution >= 4 is 17.7 Å². The van der Waals surface area contributed by atoms with Crippen LogP contribution < -0.4 is 14.8 Å². The van der Waals surface area contributed by atoms with Crippen LogP contribution in [-0.2, 0) is 4.79 Å². The predicted molar refractivity (Wildman–Crippen MR) is 115 cm³/mol. The van der Waals surface area contributed by atoms with E-state index in [1.165, 1.54) is 6.08 Å². The summed E-state index contributed by atoms with van der Waals surface area (Å²) in [5.41, 5.74) is 1.61. The van der Waals surface area contributed by atoms with Crippen molar-refractivity contribution in [2.24, 2.45) is 0 Å². The van der Waals surface area contributed by atoms with Crippen LogP contribution in [0.15, 0.2) is 54.6 Å². The number of methoxy groups -OCH3 is 1. The number of hydrogen-bond donors (Lipinski definition) is 1. The third-order valence-corrected chi connectivity index (χ3v) is 3.92. The molecule has 2 rings (SSSR count). The maximum atomic E-state index is 12.0. The van der Waals surface area contributed by atoms with Crippen molar-refractivity contribution < 1.29 is 14.3 Å². The van der Waals surface area contributed by atoms with Crippen LogP contribution in [0.2, 0.25) is 0 Å². The summed E-state index contributed by atoms with van der Waals surface area (Å²) in [6.45, 7) is 2.65. The van der Waals surface area contributed by atoms with E-state index >= 15 is 0 Å². The molecule has 0 aromatic heterocycles. The number of hydrogen-bond acceptors (Lipinski definition) is 3. The van der Waals surface area contributed by atoms with Crippen LogP contribution in [0.4, 0.5) is 5.69 Å². The number of carbonyl (C=O) groups is 1. The van der Waals surface area contributed by atoms with E-state index in [4.69, 9.17) is 9.47 Å². The lowest BCUT2D eigenvalue weighted by Crippen LogP contribution is -2.07. The van der Waals surface area contributed by atoms with Gasteiger partial charge in [-0.15, -0.1) is 5.92 Å². The van der Waals surface area contributed by atoms with Crippen molar-refractivity contribution in [2.75, 3.05) is 19.0 Å². The van der Waals surface area contributed by atoms with Crippen molar-refractivity contribution in [3.8, 4) is 23.3 Å². The number of nitrogens with one attached hydrogen (secondary N) is 1. The summed E-state index contributed by atoms with van der Waals surface area (Å²) in [5.74, 6) is 7.38. The molecule has 0 saturated carbocycles. The summed E-state index contributed by atoms with van der Waals surface area (Å²) in [7, 11) is 1.61. The van der Waals surface area contributed by atoms with E-state index in [2.05, 4.69) is 24.1 Å². The Morgan fingerprint density at radius 3 is 2.61 bits per heavy atom. The van der Waals surface area contributed by atoms with Gasteiger partial charge in [0.2, 0.25) is 5.91 Å². The Balaban J connectivity index is 1.93. The minimum Gasteiger partial charge on any atom is -0.493 e. The zero-order valence-electron chi connectivity index (χ0n) is 16.5.